The summed E-state index contributed by atoms with van der Waals surface area (Å²) in [6.45, 7) is 0.639. The third kappa shape index (κ3) is 5.31. The molecule has 8 heteroatoms. The van der Waals surface area contributed by atoms with E-state index < -0.39 is 17.7 Å². The van der Waals surface area contributed by atoms with E-state index in [1.54, 1.807) is 12.1 Å². The number of anilines is 1. The van der Waals surface area contributed by atoms with Crippen molar-refractivity contribution in [3.8, 4) is 0 Å². The Morgan fingerprint density at radius 1 is 1.10 bits per heavy atom. The molecule has 4 amide bonds. The molecule has 21 heavy (non-hydrogen) atoms. The molecular formula is C13H16N4O4. The summed E-state index contributed by atoms with van der Waals surface area (Å²) in [6.07, 6.45) is 1.05. The number of amides is 4. The van der Waals surface area contributed by atoms with Crippen LogP contribution in [0.2, 0.25) is 0 Å². The van der Waals surface area contributed by atoms with Crippen LogP contribution >= 0.6 is 0 Å². The predicted molar refractivity (Wildman–Crippen MR) is 75.3 cm³/mol. The molecular weight excluding hydrogens is 276 g/mol. The van der Waals surface area contributed by atoms with Gasteiger partial charge >= 0.3 is 11.8 Å². The zero-order valence-electron chi connectivity index (χ0n) is 11.2. The lowest BCUT2D eigenvalue weighted by molar-refractivity contribution is -0.136. The summed E-state index contributed by atoms with van der Waals surface area (Å²) in [4.78, 5) is 44.4. The van der Waals surface area contributed by atoms with E-state index in [4.69, 9.17) is 5.73 Å². The normalized spacial score (nSPS) is 9.52. The summed E-state index contributed by atoms with van der Waals surface area (Å²) in [5.74, 6) is -2.43. The molecule has 0 aliphatic heterocycles. The Hall–Kier alpha value is -2.90. The summed E-state index contributed by atoms with van der Waals surface area (Å²) >= 11 is 0. The van der Waals surface area contributed by atoms with Crippen LogP contribution in [0.1, 0.15) is 16.8 Å². The molecule has 0 aliphatic carbocycles. The van der Waals surface area contributed by atoms with Gasteiger partial charge < -0.3 is 21.7 Å². The minimum atomic E-state index is -0.896. The lowest BCUT2D eigenvalue weighted by atomic mass is 10.1. The van der Waals surface area contributed by atoms with Crippen molar-refractivity contribution in [3.05, 3.63) is 29.8 Å². The van der Waals surface area contributed by atoms with Gasteiger partial charge in [-0.05, 0) is 18.6 Å². The van der Waals surface area contributed by atoms with Gasteiger partial charge in [-0.25, -0.2) is 0 Å². The lowest BCUT2D eigenvalue weighted by Gasteiger charge is -2.09. The van der Waals surface area contributed by atoms with Crippen molar-refractivity contribution < 1.29 is 19.2 Å². The smallest absolute Gasteiger partial charge is 0.313 e. The molecule has 0 saturated heterocycles. The van der Waals surface area contributed by atoms with E-state index in [1.807, 2.05) is 0 Å². The maximum atomic E-state index is 11.7. The van der Waals surface area contributed by atoms with Gasteiger partial charge in [-0.2, -0.15) is 0 Å². The van der Waals surface area contributed by atoms with Crippen LogP contribution in [0.5, 0.6) is 0 Å². The topological polar surface area (TPSA) is 130 Å². The van der Waals surface area contributed by atoms with Crippen LogP contribution in [0.15, 0.2) is 24.3 Å². The number of nitrogens with one attached hydrogen (secondary N) is 3. The Labute approximate surface area is 121 Å². The van der Waals surface area contributed by atoms with Gasteiger partial charge in [-0.3, -0.25) is 19.2 Å². The molecule has 8 nitrogen and oxygen atoms in total. The number of primary amides is 1. The predicted octanol–water partition coefficient (Wildman–Crippen LogP) is -1.02. The number of carbonyl (C=O) groups is 4. The number of benzene rings is 1. The molecule has 0 radical (unpaired) electrons. The quantitative estimate of drug-likeness (QED) is 0.291. The Morgan fingerprint density at radius 2 is 1.81 bits per heavy atom. The van der Waals surface area contributed by atoms with Crippen molar-refractivity contribution in [1.29, 1.82) is 0 Å². The molecule has 0 aromatic heterocycles. The average Bonchev–Trinajstić information content (AvgIpc) is 2.47. The van der Waals surface area contributed by atoms with Gasteiger partial charge in [-0.15, -0.1) is 0 Å². The highest BCUT2D eigenvalue weighted by molar-refractivity contribution is 6.40. The second-order valence-corrected chi connectivity index (χ2v) is 4.05. The third-order valence-corrected chi connectivity index (χ3v) is 2.51. The van der Waals surface area contributed by atoms with E-state index in [-0.39, 0.29) is 17.8 Å². The van der Waals surface area contributed by atoms with Crippen molar-refractivity contribution in [3.63, 3.8) is 0 Å². The molecule has 0 bridgehead atoms. The molecule has 0 unspecified atom stereocenters. The number of hydrogen-bond acceptors (Lipinski definition) is 4. The van der Waals surface area contributed by atoms with Crippen LogP contribution < -0.4 is 21.7 Å². The van der Waals surface area contributed by atoms with Gasteiger partial charge in [-0.1, -0.05) is 12.1 Å². The average molecular weight is 292 g/mol. The fourth-order valence-corrected chi connectivity index (χ4v) is 1.52. The SMILES string of the molecule is NC(=O)c1ccccc1NC(=O)C(=O)NCCCNC=O. The molecule has 1 rings (SSSR count). The lowest BCUT2D eigenvalue weighted by Crippen LogP contribution is -2.37. The summed E-state index contributed by atoms with van der Waals surface area (Å²) in [7, 11) is 0. The van der Waals surface area contributed by atoms with E-state index in [0.29, 0.717) is 19.4 Å². The van der Waals surface area contributed by atoms with Gasteiger partial charge in [0.1, 0.15) is 0 Å². The number of carbonyl (C=O) groups excluding carboxylic acids is 4. The fourth-order valence-electron chi connectivity index (χ4n) is 1.52. The molecule has 1 aromatic carbocycles. The Bertz CT molecular complexity index is 545. The van der Waals surface area contributed by atoms with E-state index in [9.17, 15) is 19.2 Å². The standard InChI is InChI=1S/C13H16N4O4/c14-11(19)9-4-1-2-5-10(9)17-13(21)12(20)16-7-3-6-15-8-18/h1-2,4-5,8H,3,6-7H2,(H2,14,19)(H,15,18)(H,16,20)(H,17,21). The van der Waals surface area contributed by atoms with E-state index in [2.05, 4.69) is 16.0 Å². The van der Waals surface area contributed by atoms with E-state index >= 15 is 0 Å². The van der Waals surface area contributed by atoms with E-state index in [0.717, 1.165) is 0 Å². The fraction of sp³-hybridized carbons (Fsp3) is 0.231. The molecule has 0 spiro atoms. The van der Waals surface area contributed by atoms with Crippen molar-refractivity contribution >= 4 is 29.8 Å². The first-order chi connectivity index (χ1) is 10.1. The van der Waals surface area contributed by atoms with Gasteiger partial charge in [0.05, 0.1) is 11.3 Å². The molecule has 0 saturated carbocycles. The van der Waals surface area contributed by atoms with Crippen LogP contribution in [0.4, 0.5) is 5.69 Å². The van der Waals surface area contributed by atoms with Crippen LogP contribution in [0.25, 0.3) is 0 Å². The number of hydrogen-bond donors (Lipinski definition) is 4. The highest BCUT2D eigenvalue weighted by Crippen LogP contribution is 2.13. The van der Waals surface area contributed by atoms with Crippen LogP contribution in [-0.2, 0) is 14.4 Å². The second kappa shape index (κ2) is 8.31. The molecule has 1 aromatic rings. The summed E-state index contributed by atoms with van der Waals surface area (Å²) in [6, 6.07) is 6.11. The van der Waals surface area contributed by atoms with Crippen molar-refractivity contribution in [2.24, 2.45) is 5.73 Å². The largest absolute Gasteiger partial charge is 0.366 e. The molecule has 112 valence electrons. The first-order valence-electron chi connectivity index (χ1n) is 6.21. The summed E-state index contributed by atoms with van der Waals surface area (Å²) < 4.78 is 0. The van der Waals surface area contributed by atoms with Crippen molar-refractivity contribution in [2.45, 2.75) is 6.42 Å². The zero-order chi connectivity index (χ0) is 15.7. The van der Waals surface area contributed by atoms with Gasteiger partial charge in [0.15, 0.2) is 0 Å². The molecule has 0 fully saturated rings. The minimum Gasteiger partial charge on any atom is -0.366 e. The molecule has 0 heterocycles. The van der Waals surface area contributed by atoms with Crippen LogP contribution in [0.3, 0.4) is 0 Å². The maximum Gasteiger partial charge on any atom is 0.313 e. The Morgan fingerprint density at radius 3 is 2.48 bits per heavy atom. The molecule has 0 atom stereocenters. The Balaban J connectivity index is 2.51. The maximum absolute atomic E-state index is 11.7. The number of para-hydroxylation sites is 1. The van der Waals surface area contributed by atoms with Crippen LogP contribution in [0, 0.1) is 0 Å². The van der Waals surface area contributed by atoms with Gasteiger partial charge in [0, 0.05) is 13.1 Å². The monoisotopic (exact) mass is 292 g/mol. The zero-order valence-corrected chi connectivity index (χ0v) is 11.2. The van der Waals surface area contributed by atoms with Crippen molar-refractivity contribution in [1.82, 2.24) is 10.6 Å². The highest BCUT2D eigenvalue weighted by Gasteiger charge is 2.16. The number of nitrogens with two attached hydrogens (primary N) is 1. The van der Waals surface area contributed by atoms with Gasteiger partial charge in [0.25, 0.3) is 5.91 Å². The van der Waals surface area contributed by atoms with E-state index in [1.165, 1.54) is 12.1 Å². The first kappa shape index (κ1) is 16.2. The Kier molecular flexibility index (Phi) is 6.39. The van der Waals surface area contributed by atoms with Gasteiger partial charge in [0.2, 0.25) is 6.41 Å². The minimum absolute atomic E-state index is 0.119. The summed E-state index contributed by atoms with van der Waals surface area (Å²) in [5.41, 5.74) is 5.46. The number of rotatable bonds is 7. The molecule has 5 N–H and O–H groups in total. The molecule has 0 aliphatic rings. The van der Waals surface area contributed by atoms with Crippen molar-refractivity contribution in [2.75, 3.05) is 18.4 Å². The third-order valence-electron chi connectivity index (χ3n) is 2.51. The highest BCUT2D eigenvalue weighted by atomic mass is 16.2. The summed E-state index contributed by atoms with van der Waals surface area (Å²) in [5, 5.41) is 7.13. The van der Waals surface area contributed by atoms with Crippen LogP contribution in [-0.4, -0.2) is 37.2 Å². The first-order valence-corrected chi connectivity index (χ1v) is 6.21. The second-order valence-electron chi connectivity index (χ2n) is 4.05.